The molecule has 1 aliphatic rings. The van der Waals surface area contributed by atoms with Gasteiger partial charge in [0.1, 0.15) is 0 Å². The molecule has 1 fully saturated rings. The minimum atomic E-state index is -0.00764. The maximum atomic E-state index is 12.5. The van der Waals surface area contributed by atoms with E-state index in [4.69, 9.17) is 5.73 Å². The summed E-state index contributed by atoms with van der Waals surface area (Å²) in [7, 11) is 1.86. The monoisotopic (exact) mass is 339 g/mol. The lowest BCUT2D eigenvalue weighted by Crippen LogP contribution is -2.41. The molecule has 1 unspecified atom stereocenters. The second kappa shape index (κ2) is 6.59. The summed E-state index contributed by atoms with van der Waals surface area (Å²) in [5.41, 5.74) is 7.01. The zero-order valence-electron chi connectivity index (χ0n) is 12.1. The Morgan fingerprint density at radius 3 is 3.00 bits per heavy atom. The summed E-state index contributed by atoms with van der Waals surface area (Å²) in [4.78, 5) is 16.7. The van der Waals surface area contributed by atoms with E-state index in [0.717, 1.165) is 24.1 Å². The van der Waals surface area contributed by atoms with Gasteiger partial charge in [-0.2, -0.15) is 0 Å². The highest BCUT2D eigenvalue weighted by Crippen LogP contribution is 2.22. The number of nitrogen functional groups attached to an aromatic ring is 1. The lowest BCUT2D eigenvalue weighted by atomic mass is 10.1. The van der Waals surface area contributed by atoms with Crippen molar-refractivity contribution in [2.24, 2.45) is 0 Å². The van der Waals surface area contributed by atoms with Gasteiger partial charge >= 0.3 is 0 Å². The van der Waals surface area contributed by atoms with E-state index in [1.165, 1.54) is 12.8 Å². The fourth-order valence-electron chi connectivity index (χ4n) is 2.84. The topological polar surface area (TPSA) is 49.6 Å². The van der Waals surface area contributed by atoms with Crippen molar-refractivity contribution in [3.8, 4) is 0 Å². The van der Waals surface area contributed by atoms with Gasteiger partial charge in [0.2, 0.25) is 0 Å². The van der Waals surface area contributed by atoms with Gasteiger partial charge in [-0.05, 0) is 44.1 Å². The number of amides is 1. The molecule has 1 aromatic carbocycles. The van der Waals surface area contributed by atoms with Crippen molar-refractivity contribution in [1.29, 1.82) is 0 Å². The van der Waals surface area contributed by atoms with Gasteiger partial charge in [0, 0.05) is 29.8 Å². The van der Waals surface area contributed by atoms with Gasteiger partial charge in [-0.15, -0.1) is 0 Å². The van der Waals surface area contributed by atoms with Gasteiger partial charge in [0.25, 0.3) is 5.91 Å². The molecule has 4 nitrogen and oxygen atoms in total. The van der Waals surface area contributed by atoms with Crippen molar-refractivity contribution in [2.45, 2.75) is 25.8 Å². The molecule has 20 heavy (non-hydrogen) atoms. The summed E-state index contributed by atoms with van der Waals surface area (Å²) in [6, 6.07) is 5.88. The van der Waals surface area contributed by atoms with Crippen LogP contribution in [0.3, 0.4) is 0 Å². The Hall–Kier alpha value is -1.07. The lowest BCUT2D eigenvalue weighted by molar-refractivity contribution is 0.0755. The van der Waals surface area contributed by atoms with E-state index in [1.807, 2.05) is 13.1 Å². The summed E-state index contributed by atoms with van der Waals surface area (Å²) >= 11 is 3.39. The summed E-state index contributed by atoms with van der Waals surface area (Å²) in [5.74, 6) is -0.00764. The third kappa shape index (κ3) is 3.33. The quantitative estimate of drug-likeness (QED) is 0.857. The Bertz CT molecular complexity index is 492. The zero-order valence-corrected chi connectivity index (χ0v) is 13.7. The van der Waals surface area contributed by atoms with Crippen molar-refractivity contribution < 1.29 is 4.79 Å². The summed E-state index contributed by atoms with van der Waals surface area (Å²) in [5, 5.41) is 0. The number of carbonyl (C=O) groups is 1. The number of likely N-dealkylation sites (N-methyl/N-ethyl adjacent to an activating group) is 2. The fraction of sp³-hybridized carbons (Fsp3) is 0.533. The standard InChI is InChI=1S/C15H22BrN3O/c1-3-19-8-4-5-12(19)10-18(2)15(20)13-9-11(16)6-7-14(13)17/h6-7,9,12H,3-5,8,10,17H2,1-2H3. The van der Waals surface area contributed by atoms with Crippen molar-refractivity contribution in [1.82, 2.24) is 9.80 Å². The van der Waals surface area contributed by atoms with Crippen LogP contribution in [0.5, 0.6) is 0 Å². The number of carbonyl (C=O) groups excluding carboxylic acids is 1. The molecule has 0 saturated carbocycles. The summed E-state index contributed by atoms with van der Waals surface area (Å²) in [6.07, 6.45) is 2.39. The highest BCUT2D eigenvalue weighted by Gasteiger charge is 2.26. The molecular formula is C15H22BrN3O. The van der Waals surface area contributed by atoms with E-state index in [0.29, 0.717) is 17.3 Å². The highest BCUT2D eigenvalue weighted by atomic mass is 79.9. The van der Waals surface area contributed by atoms with E-state index in [2.05, 4.69) is 27.8 Å². The number of rotatable bonds is 4. The fourth-order valence-corrected chi connectivity index (χ4v) is 3.20. The van der Waals surface area contributed by atoms with Crippen LogP contribution in [0.25, 0.3) is 0 Å². The molecule has 2 rings (SSSR count). The Labute approximate surface area is 129 Å². The van der Waals surface area contributed by atoms with Crippen LogP contribution in [0.15, 0.2) is 22.7 Å². The van der Waals surface area contributed by atoms with E-state index in [-0.39, 0.29) is 5.91 Å². The van der Waals surface area contributed by atoms with Crippen LogP contribution in [0.4, 0.5) is 5.69 Å². The summed E-state index contributed by atoms with van der Waals surface area (Å²) in [6.45, 7) is 5.12. The van der Waals surface area contributed by atoms with Gasteiger partial charge in [-0.25, -0.2) is 0 Å². The van der Waals surface area contributed by atoms with E-state index in [1.54, 1.807) is 17.0 Å². The molecule has 0 spiro atoms. The predicted octanol–water partition coefficient (Wildman–Crippen LogP) is 2.59. The first-order valence-corrected chi connectivity index (χ1v) is 7.86. The smallest absolute Gasteiger partial charge is 0.255 e. The molecule has 0 radical (unpaired) electrons. The molecule has 1 aromatic rings. The van der Waals surface area contributed by atoms with E-state index < -0.39 is 0 Å². The van der Waals surface area contributed by atoms with Crippen molar-refractivity contribution in [3.63, 3.8) is 0 Å². The number of nitrogens with zero attached hydrogens (tertiary/aromatic N) is 2. The minimum absolute atomic E-state index is 0.00764. The highest BCUT2D eigenvalue weighted by molar-refractivity contribution is 9.10. The van der Waals surface area contributed by atoms with Crippen LogP contribution >= 0.6 is 15.9 Å². The second-order valence-corrected chi connectivity index (χ2v) is 6.26. The number of anilines is 1. The molecule has 0 aliphatic carbocycles. The maximum Gasteiger partial charge on any atom is 0.255 e. The van der Waals surface area contributed by atoms with Gasteiger partial charge in [-0.3, -0.25) is 9.69 Å². The molecule has 0 aromatic heterocycles. The molecule has 110 valence electrons. The molecule has 1 atom stereocenters. The SMILES string of the molecule is CCN1CCCC1CN(C)C(=O)c1cc(Br)ccc1N. The van der Waals surface area contributed by atoms with Crippen LogP contribution in [-0.4, -0.2) is 48.4 Å². The molecular weight excluding hydrogens is 318 g/mol. The lowest BCUT2D eigenvalue weighted by Gasteiger charge is -2.28. The van der Waals surface area contributed by atoms with Crippen molar-refractivity contribution in [3.05, 3.63) is 28.2 Å². The average Bonchev–Trinajstić information content (AvgIpc) is 2.87. The molecule has 1 heterocycles. The number of nitrogens with two attached hydrogens (primary N) is 1. The number of likely N-dealkylation sites (tertiary alicyclic amines) is 1. The average molecular weight is 340 g/mol. The zero-order chi connectivity index (χ0) is 14.7. The first-order valence-electron chi connectivity index (χ1n) is 7.07. The second-order valence-electron chi connectivity index (χ2n) is 5.34. The number of benzene rings is 1. The first kappa shape index (κ1) is 15.3. The Balaban J connectivity index is 2.07. The predicted molar refractivity (Wildman–Crippen MR) is 85.8 cm³/mol. The molecule has 0 bridgehead atoms. The molecule has 5 heteroatoms. The number of hydrogen-bond donors (Lipinski definition) is 1. The van der Waals surface area contributed by atoms with Gasteiger partial charge < -0.3 is 10.6 Å². The molecule has 1 aliphatic heterocycles. The number of halogens is 1. The Morgan fingerprint density at radius 2 is 2.30 bits per heavy atom. The van der Waals surface area contributed by atoms with Crippen molar-refractivity contribution >= 4 is 27.5 Å². The first-order chi connectivity index (χ1) is 9.52. The van der Waals surface area contributed by atoms with Crippen LogP contribution in [0.2, 0.25) is 0 Å². The van der Waals surface area contributed by atoms with Gasteiger partial charge in [0.05, 0.1) is 5.56 Å². The Morgan fingerprint density at radius 1 is 1.55 bits per heavy atom. The molecule has 1 amide bonds. The largest absolute Gasteiger partial charge is 0.398 e. The van der Waals surface area contributed by atoms with Crippen LogP contribution in [0, 0.1) is 0 Å². The molecule has 2 N–H and O–H groups in total. The summed E-state index contributed by atoms with van der Waals surface area (Å²) < 4.78 is 0.875. The maximum absolute atomic E-state index is 12.5. The van der Waals surface area contributed by atoms with E-state index in [9.17, 15) is 4.79 Å². The number of hydrogen-bond acceptors (Lipinski definition) is 3. The van der Waals surface area contributed by atoms with Crippen LogP contribution in [-0.2, 0) is 0 Å². The third-order valence-corrected chi connectivity index (χ3v) is 4.48. The minimum Gasteiger partial charge on any atom is -0.398 e. The van der Waals surface area contributed by atoms with Gasteiger partial charge in [0.15, 0.2) is 0 Å². The Kier molecular flexibility index (Phi) is 5.05. The van der Waals surface area contributed by atoms with E-state index >= 15 is 0 Å². The molecule has 1 saturated heterocycles. The third-order valence-electron chi connectivity index (χ3n) is 3.98. The van der Waals surface area contributed by atoms with Crippen LogP contribution in [0.1, 0.15) is 30.1 Å². The van der Waals surface area contributed by atoms with Crippen LogP contribution < -0.4 is 5.73 Å². The van der Waals surface area contributed by atoms with Crippen molar-refractivity contribution in [2.75, 3.05) is 32.4 Å². The van der Waals surface area contributed by atoms with Gasteiger partial charge in [-0.1, -0.05) is 22.9 Å². The normalized spacial score (nSPS) is 19.2.